The normalized spacial score (nSPS) is 34.8. The Morgan fingerprint density at radius 3 is 3.00 bits per heavy atom. The van der Waals surface area contributed by atoms with Gasteiger partial charge in [0.25, 0.3) is 0 Å². The first-order valence-electron chi connectivity index (χ1n) is 6.60. The molecule has 5 heteroatoms. The van der Waals surface area contributed by atoms with E-state index in [1.54, 1.807) is 0 Å². The number of likely N-dealkylation sites (N-methyl/N-ethyl adjacent to an activating group) is 1. The van der Waals surface area contributed by atoms with E-state index in [0.29, 0.717) is 25.8 Å². The monoisotopic (exact) mass is 241 g/mol. The molecule has 0 spiro atoms. The molecule has 0 radical (unpaired) electrons. The van der Waals surface area contributed by atoms with Gasteiger partial charge >= 0.3 is 0 Å². The molecule has 0 bridgehead atoms. The standard InChI is InChI=1S/C12H23N3O2/c1-2-14-12(16)11-8-17-7-6-15(11)10-5-3-4-9(10)13/h9-11H,2-8,13H2,1H3,(H,14,16). The van der Waals surface area contributed by atoms with Crippen LogP contribution in [0.2, 0.25) is 0 Å². The number of carbonyl (C=O) groups excluding carboxylic acids is 1. The van der Waals surface area contributed by atoms with Crippen LogP contribution in [-0.4, -0.2) is 55.2 Å². The minimum atomic E-state index is -0.155. The van der Waals surface area contributed by atoms with Gasteiger partial charge in [-0.25, -0.2) is 0 Å². The number of hydrogen-bond donors (Lipinski definition) is 2. The van der Waals surface area contributed by atoms with Crippen molar-refractivity contribution in [3.63, 3.8) is 0 Å². The van der Waals surface area contributed by atoms with E-state index in [1.807, 2.05) is 6.92 Å². The number of amides is 1. The molecule has 1 heterocycles. The van der Waals surface area contributed by atoms with E-state index in [1.165, 1.54) is 6.42 Å². The molecule has 1 saturated heterocycles. The number of morpholine rings is 1. The summed E-state index contributed by atoms with van der Waals surface area (Å²) in [5.41, 5.74) is 6.13. The first kappa shape index (κ1) is 12.8. The van der Waals surface area contributed by atoms with E-state index in [9.17, 15) is 4.79 Å². The fourth-order valence-corrected chi connectivity index (χ4v) is 2.91. The summed E-state index contributed by atoms with van der Waals surface area (Å²) in [6.07, 6.45) is 3.35. The lowest BCUT2D eigenvalue weighted by Gasteiger charge is -2.40. The second kappa shape index (κ2) is 5.80. The molecule has 3 atom stereocenters. The average Bonchev–Trinajstić information content (AvgIpc) is 2.76. The van der Waals surface area contributed by atoms with Crippen LogP contribution < -0.4 is 11.1 Å². The van der Waals surface area contributed by atoms with Crippen LogP contribution in [0.1, 0.15) is 26.2 Å². The summed E-state index contributed by atoms with van der Waals surface area (Å²) < 4.78 is 5.43. The van der Waals surface area contributed by atoms with Crippen LogP contribution in [0.15, 0.2) is 0 Å². The SMILES string of the molecule is CCNC(=O)C1COCCN1C1CCCC1N. The van der Waals surface area contributed by atoms with Gasteiger partial charge in [-0.15, -0.1) is 0 Å². The van der Waals surface area contributed by atoms with Crippen LogP contribution in [0.5, 0.6) is 0 Å². The molecule has 1 saturated carbocycles. The molecule has 3 unspecified atom stereocenters. The molecule has 0 aromatic rings. The van der Waals surface area contributed by atoms with Crippen LogP contribution in [0.4, 0.5) is 0 Å². The molecule has 1 amide bonds. The van der Waals surface area contributed by atoms with Crippen molar-refractivity contribution in [3.8, 4) is 0 Å². The van der Waals surface area contributed by atoms with Crippen molar-refractivity contribution in [3.05, 3.63) is 0 Å². The lowest BCUT2D eigenvalue weighted by molar-refractivity contribution is -0.134. The average molecular weight is 241 g/mol. The summed E-state index contributed by atoms with van der Waals surface area (Å²) in [5, 5.41) is 2.88. The zero-order chi connectivity index (χ0) is 12.3. The van der Waals surface area contributed by atoms with Crippen molar-refractivity contribution in [2.45, 2.75) is 44.3 Å². The van der Waals surface area contributed by atoms with Crippen molar-refractivity contribution in [2.75, 3.05) is 26.3 Å². The molecule has 98 valence electrons. The van der Waals surface area contributed by atoms with Gasteiger partial charge in [0.2, 0.25) is 5.91 Å². The lowest BCUT2D eigenvalue weighted by Crippen LogP contribution is -2.59. The van der Waals surface area contributed by atoms with Gasteiger partial charge < -0.3 is 15.8 Å². The molecule has 1 aliphatic heterocycles. The van der Waals surface area contributed by atoms with Crippen LogP contribution >= 0.6 is 0 Å². The van der Waals surface area contributed by atoms with E-state index >= 15 is 0 Å². The predicted octanol–water partition coefficient (Wildman–Crippen LogP) is -0.297. The Balaban J connectivity index is 2.03. The quantitative estimate of drug-likeness (QED) is 0.712. The van der Waals surface area contributed by atoms with Gasteiger partial charge in [-0.1, -0.05) is 6.42 Å². The maximum absolute atomic E-state index is 12.0. The summed E-state index contributed by atoms with van der Waals surface area (Å²) in [4.78, 5) is 14.3. The van der Waals surface area contributed by atoms with Gasteiger partial charge in [0, 0.05) is 25.2 Å². The molecule has 0 aromatic carbocycles. The Hall–Kier alpha value is -0.650. The van der Waals surface area contributed by atoms with Crippen molar-refractivity contribution < 1.29 is 9.53 Å². The number of nitrogens with zero attached hydrogens (tertiary/aromatic N) is 1. The van der Waals surface area contributed by atoms with Gasteiger partial charge in [0.05, 0.1) is 13.2 Å². The molecule has 2 fully saturated rings. The number of carbonyl (C=O) groups is 1. The van der Waals surface area contributed by atoms with Gasteiger partial charge in [-0.2, -0.15) is 0 Å². The smallest absolute Gasteiger partial charge is 0.239 e. The highest BCUT2D eigenvalue weighted by Gasteiger charge is 2.38. The van der Waals surface area contributed by atoms with Crippen molar-refractivity contribution in [1.29, 1.82) is 0 Å². The third kappa shape index (κ3) is 2.78. The first-order valence-corrected chi connectivity index (χ1v) is 6.60. The summed E-state index contributed by atoms with van der Waals surface area (Å²) in [5.74, 6) is 0.0753. The minimum absolute atomic E-state index is 0.0753. The maximum Gasteiger partial charge on any atom is 0.239 e. The molecule has 5 nitrogen and oxygen atoms in total. The second-order valence-corrected chi connectivity index (χ2v) is 4.89. The summed E-state index contributed by atoms with van der Waals surface area (Å²) in [6, 6.07) is 0.411. The van der Waals surface area contributed by atoms with Crippen molar-refractivity contribution >= 4 is 5.91 Å². The number of nitrogens with two attached hydrogens (primary N) is 1. The summed E-state index contributed by atoms with van der Waals surface area (Å²) in [6.45, 7) is 4.63. The molecule has 1 aliphatic carbocycles. The van der Waals surface area contributed by atoms with E-state index in [-0.39, 0.29) is 18.0 Å². The largest absolute Gasteiger partial charge is 0.378 e. The Kier molecular flexibility index (Phi) is 4.36. The highest BCUT2D eigenvalue weighted by molar-refractivity contribution is 5.82. The lowest BCUT2D eigenvalue weighted by atomic mass is 10.1. The van der Waals surface area contributed by atoms with Crippen molar-refractivity contribution in [1.82, 2.24) is 10.2 Å². The minimum Gasteiger partial charge on any atom is -0.378 e. The number of ether oxygens (including phenoxy) is 1. The third-order valence-corrected chi connectivity index (χ3v) is 3.78. The van der Waals surface area contributed by atoms with Crippen LogP contribution in [-0.2, 0) is 9.53 Å². The Morgan fingerprint density at radius 2 is 2.35 bits per heavy atom. The van der Waals surface area contributed by atoms with Gasteiger partial charge in [0.1, 0.15) is 6.04 Å². The molecular weight excluding hydrogens is 218 g/mol. The predicted molar refractivity (Wildman–Crippen MR) is 65.6 cm³/mol. The Morgan fingerprint density at radius 1 is 1.53 bits per heavy atom. The Bertz CT molecular complexity index is 272. The van der Waals surface area contributed by atoms with E-state index in [4.69, 9.17) is 10.5 Å². The maximum atomic E-state index is 12.0. The number of nitrogens with one attached hydrogen (secondary N) is 1. The fraction of sp³-hybridized carbons (Fsp3) is 0.917. The Labute approximate surface area is 103 Å². The van der Waals surface area contributed by atoms with Crippen molar-refractivity contribution in [2.24, 2.45) is 5.73 Å². The molecule has 2 aliphatic rings. The first-order chi connectivity index (χ1) is 8.24. The van der Waals surface area contributed by atoms with Gasteiger partial charge in [-0.3, -0.25) is 9.69 Å². The van der Waals surface area contributed by atoms with E-state index in [2.05, 4.69) is 10.2 Å². The van der Waals surface area contributed by atoms with E-state index < -0.39 is 0 Å². The van der Waals surface area contributed by atoms with Gasteiger partial charge in [0.15, 0.2) is 0 Å². The number of rotatable bonds is 3. The van der Waals surface area contributed by atoms with Crippen LogP contribution in [0, 0.1) is 0 Å². The zero-order valence-electron chi connectivity index (χ0n) is 10.5. The zero-order valence-corrected chi connectivity index (χ0v) is 10.5. The summed E-state index contributed by atoms with van der Waals surface area (Å²) in [7, 11) is 0. The molecule has 2 rings (SSSR count). The highest BCUT2D eigenvalue weighted by atomic mass is 16.5. The highest BCUT2D eigenvalue weighted by Crippen LogP contribution is 2.25. The number of hydrogen-bond acceptors (Lipinski definition) is 4. The third-order valence-electron chi connectivity index (χ3n) is 3.78. The topological polar surface area (TPSA) is 67.6 Å². The second-order valence-electron chi connectivity index (χ2n) is 4.89. The van der Waals surface area contributed by atoms with Crippen LogP contribution in [0.25, 0.3) is 0 Å². The fourth-order valence-electron chi connectivity index (χ4n) is 2.91. The molecule has 3 N–H and O–H groups in total. The van der Waals surface area contributed by atoms with E-state index in [0.717, 1.165) is 19.4 Å². The molecule has 17 heavy (non-hydrogen) atoms. The van der Waals surface area contributed by atoms with Crippen LogP contribution in [0.3, 0.4) is 0 Å². The van der Waals surface area contributed by atoms with Gasteiger partial charge in [-0.05, 0) is 19.8 Å². The molecule has 0 aromatic heterocycles. The summed E-state index contributed by atoms with van der Waals surface area (Å²) >= 11 is 0. The molecular formula is C12H23N3O2.